The van der Waals surface area contributed by atoms with Gasteiger partial charge in [0.25, 0.3) is 0 Å². The first kappa shape index (κ1) is 12.9. The van der Waals surface area contributed by atoms with Crippen molar-refractivity contribution in [2.75, 3.05) is 13.1 Å². The third-order valence-electron chi connectivity index (χ3n) is 5.04. The lowest BCUT2D eigenvalue weighted by Gasteiger charge is -2.35. The molecule has 0 N–H and O–H groups in total. The Labute approximate surface area is 115 Å². The first-order valence-electron chi connectivity index (χ1n) is 7.75. The van der Waals surface area contributed by atoms with Gasteiger partial charge < -0.3 is 4.90 Å². The molecular formula is C16H23NO2. The van der Waals surface area contributed by atoms with Gasteiger partial charge in [0, 0.05) is 31.5 Å². The number of carbonyl (C=O) groups is 2. The number of amides is 1. The topological polar surface area (TPSA) is 37.4 Å². The van der Waals surface area contributed by atoms with E-state index in [0.717, 1.165) is 58.0 Å². The average molecular weight is 261 g/mol. The van der Waals surface area contributed by atoms with Gasteiger partial charge in [-0.3, -0.25) is 9.59 Å². The summed E-state index contributed by atoms with van der Waals surface area (Å²) in [6.07, 6.45) is 10.1. The van der Waals surface area contributed by atoms with Gasteiger partial charge in [0.2, 0.25) is 5.91 Å². The summed E-state index contributed by atoms with van der Waals surface area (Å²) in [7, 11) is 0. The Morgan fingerprint density at radius 1 is 1.11 bits per heavy atom. The van der Waals surface area contributed by atoms with E-state index in [1.165, 1.54) is 12.0 Å². The van der Waals surface area contributed by atoms with Crippen LogP contribution in [0, 0.1) is 11.8 Å². The van der Waals surface area contributed by atoms with E-state index in [-0.39, 0.29) is 11.8 Å². The lowest BCUT2D eigenvalue weighted by Crippen LogP contribution is -2.32. The van der Waals surface area contributed by atoms with Gasteiger partial charge in [-0.05, 0) is 50.9 Å². The standard InChI is InChI=1S/C16H23NO2/c18-15-5-3-4-13-7-6-12(10-14(13)15)11-16(19)17-8-1-2-9-17/h11,13-14H,1-10H2/b12-11+/t13-,14-/m0/s1. The van der Waals surface area contributed by atoms with Gasteiger partial charge in [-0.2, -0.15) is 0 Å². The van der Waals surface area contributed by atoms with Crippen LogP contribution in [0.4, 0.5) is 0 Å². The highest BCUT2D eigenvalue weighted by Crippen LogP contribution is 2.40. The third-order valence-corrected chi connectivity index (χ3v) is 5.04. The van der Waals surface area contributed by atoms with Gasteiger partial charge in [0.1, 0.15) is 5.78 Å². The number of ketones is 1. The Kier molecular flexibility index (Phi) is 3.72. The van der Waals surface area contributed by atoms with Crippen molar-refractivity contribution in [1.82, 2.24) is 4.90 Å². The molecule has 1 amide bonds. The van der Waals surface area contributed by atoms with E-state index in [1.54, 1.807) is 0 Å². The van der Waals surface area contributed by atoms with Crippen molar-refractivity contribution in [1.29, 1.82) is 0 Å². The summed E-state index contributed by atoms with van der Waals surface area (Å²) < 4.78 is 0. The van der Waals surface area contributed by atoms with Crippen LogP contribution in [0.5, 0.6) is 0 Å². The lowest BCUT2D eigenvalue weighted by atomic mass is 9.69. The number of likely N-dealkylation sites (tertiary alicyclic amines) is 1. The number of carbonyl (C=O) groups excluding carboxylic acids is 2. The molecule has 0 aromatic heterocycles. The maximum absolute atomic E-state index is 12.1. The van der Waals surface area contributed by atoms with E-state index in [0.29, 0.717) is 11.7 Å². The molecule has 0 bridgehead atoms. The van der Waals surface area contributed by atoms with Crippen LogP contribution in [0.2, 0.25) is 0 Å². The lowest BCUT2D eigenvalue weighted by molar-refractivity contribution is -0.128. The first-order chi connectivity index (χ1) is 9.24. The molecule has 3 fully saturated rings. The molecule has 3 aliphatic rings. The highest BCUT2D eigenvalue weighted by Gasteiger charge is 2.35. The SMILES string of the molecule is O=C1CCC[C@H]2CC/C(=C\C(=O)N3CCCC3)C[C@H]12. The van der Waals surface area contributed by atoms with Crippen molar-refractivity contribution >= 4 is 11.7 Å². The van der Waals surface area contributed by atoms with Crippen molar-refractivity contribution in [2.24, 2.45) is 11.8 Å². The molecule has 1 heterocycles. The summed E-state index contributed by atoms with van der Waals surface area (Å²) in [5.41, 5.74) is 1.22. The van der Waals surface area contributed by atoms with Crippen LogP contribution in [0.15, 0.2) is 11.6 Å². The molecule has 2 saturated carbocycles. The van der Waals surface area contributed by atoms with E-state index in [1.807, 2.05) is 11.0 Å². The average Bonchev–Trinajstić information content (AvgIpc) is 2.94. The van der Waals surface area contributed by atoms with Crippen LogP contribution in [0.25, 0.3) is 0 Å². The van der Waals surface area contributed by atoms with Gasteiger partial charge in [-0.25, -0.2) is 0 Å². The van der Waals surface area contributed by atoms with Gasteiger partial charge in [0.05, 0.1) is 0 Å². The number of hydrogen-bond donors (Lipinski definition) is 0. The summed E-state index contributed by atoms with van der Waals surface area (Å²) in [5.74, 6) is 1.44. The molecule has 0 aromatic carbocycles. The second-order valence-electron chi connectivity index (χ2n) is 6.30. The second kappa shape index (κ2) is 5.48. The number of nitrogens with zero attached hydrogens (tertiary/aromatic N) is 1. The predicted molar refractivity (Wildman–Crippen MR) is 73.6 cm³/mol. The van der Waals surface area contributed by atoms with E-state index < -0.39 is 0 Å². The molecule has 3 heteroatoms. The van der Waals surface area contributed by atoms with Crippen molar-refractivity contribution in [2.45, 2.75) is 51.4 Å². The zero-order chi connectivity index (χ0) is 13.2. The fourth-order valence-electron chi connectivity index (χ4n) is 3.90. The zero-order valence-electron chi connectivity index (χ0n) is 11.6. The minimum Gasteiger partial charge on any atom is -0.339 e. The fourth-order valence-corrected chi connectivity index (χ4v) is 3.90. The summed E-state index contributed by atoms with van der Waals surface area (Å²) >= 11 is 0. The molecule has 0 aromatic rings. The summed E-state index contributed by atoms with van der Waals surface area (Å²) in [6, 6.07) is 0. The quantitative estimate of drug-likeness (QED) is 0.681. The minimum atomic E-state index is 0.175. The molecule has 0 spiro atoms. The summed E-state index contributed by atoms with van der Waals surface area (Å²) in [6.45, 7) is 1.82. The van der Waals surface area contributed by atoms with Crippen LogP contribution in [0.1, 0.15) is 51.4 Å². The molecule has 1 aliphatic heterocycles. The van der Waals surface area contributed by atoms with Crippen molar-refractivity contribution in [3.63, 3.8) is 0 Å². The monoisotopic (exact) mass is 261 g/mol. The number of Topliss-reactive ketones (excluding diaryl/α,β-unsaturated/α-hetero) is 1. The van der Waals surface area contributed by atoms with E-state index in [2.05, 4.69) is 0 Å². The minimum absolute atomic E-state index is 0.175. The fraction of sp³-hybridized carbons (Fsp3) is 0.750. The Morgan fingerprint density at radius 2 is 1.89 bits per heavy atom. The van der Waals surface area contributed by atoms with Gasteiger partial charge in [-0.1, -0.05) is 5.57 Å². The van der Waals surface area contributed by atoms with Gasteiger partial charge in [-0.15, -0.1) is 0 Å². The summed E-state index contributed by atoms with van der Waals surface area (Å²) in [4.78, 5) is 26.1. The molecular weight excluding hydrogens is 238 g/mol. The number of fused-ring (bicyclic) bond motifs is 1. The van der Waals surface area contributed by atoms with Crippen LogP contribution >= 0.6 is 0 Å². The smallest absolute Gasteiger partial charge is 0.246 e. The Morgan fingerprint density at radius 3 is 2.68 bits per heavy atom. The molecule has 3 nitrogen and oxygen atoms in total. The molecule has 3 rings (SSSR count). The molecule has 2 aliphatic carbocycles. The van der Waals surface area contributed by atoms with Crippen molar-refractivity contribution in [3.8, 4) is 0 Å². The Hall–Kier alpha value is -1.12. The van der Waals surface area contributed by atoms with Crippen LogP contribution in [-0.2, 0) is 9.59 Å². The van der Waals surface area contributed by atoms with Crippen molar-refractivity contribution in [3.05, 3.63) is 11.6 Å². The first-order valence-corrected chi connectivity index (χ1v) is 7.75. The third kappa shape index (κ3) is 2.75. The number of rotatable bonds is 1. The van der Waals surface area contributed by atoms with Gasteiger partial charge in [0.15, 0.2) is 0 Å². The zero-order valence-corrected chi connectivity index (χ0v) is 11.6. The van der Waals surface area contributed by atoms with E-state index in [4.69, 9.17) is 0 Å². The maximum Gasteiger partial charge on any atom is 0.246 e. The molecule has 0 radical (unpaired) electrons. The van der Waals surface area contributed by atoms with Crippen LogP contribution in [0.3, 0.4) is 0 Å². The highest BCUT2D eigenvalue weighted by atomic mass is 16.2. The predicted octanol–water partition coefficient (Wildman–Crippen LogP) is 2.70. The van der Waals surface area contributed by atoms with E-state index >= 15 is 0 Å². The molecule has 2 atom stereocenters. The van der Waals surface area contributed by atoms with E-state index in [9.17, 15) is 9.59 Å². The highest BCUT2D eigenvalue weighted by molar-refractivity contribution is 5.89. The largest absolute Gasteiger partial charge is 0.339 e. The van der Waals surface area contributed by atoms with Crippen LogP contribution in [-0.4, -0.2) is 29.7 Å². The normalized spacial score (nSPS) is 33.6. The number of hydrogen-bond acceptors (Lipinski definition) is 2. The second-order valence-corrected chi connectivity index (χ2v) is 6.30. The van der Waals surface area contributed by atoms with Crippen LogP contribution < -0.4 is 0 Å². The summed E-state index contributed by atoms with van der Waals surface area (Å²) in [5, 5.41) is 0. The molecule has 19 heavy (non-hydrogen) atoms. The maximum atomic E-state index is 12.1. The molecule has 104 valence electrons. The Balaban J connectivity index is 1.65. The molecule has 0 unspecified atom stereocenters. The Bertz CT molecular complexity index is 407. The number of allylic oxidation sites excluding steroid dienone is 1. The van der Waals surface area contributed by atoms with Gasteiger partial charge >= 0.3 is 0 Å². The molecule has 1 saturated heterocycles. The van der Waals surface area contributed by atoms with Crippen molar-refractivity contribution < 1.29 is 9.59 Å².